The highest BCUT2D eigenvalue weighted by molar-refractivity contribution is 6.05. The highest BCUT2D eigenvalue weighted by Gasteiger charge is 2.23. The third-order valence-corrected chi connectivity index (χ3v) is 6.32. The molecule has 11 nitrogen and oxygen atoms in total. The second-order valence-electron chi connectivity index (χ2n) is 10.3. The first-order valence-corrected chi connectivity index (χ1v) is 12.9. The molecule has 0 fully saturated rings. The van der Waals surface area contributed by atoms with Crippen LogP contribution in [0.4, 0.5) is 26.5 Å². The topological polar surface area (TPSA) is 141 Å². The van der Waals surface area contributed by atoms with Crippen LogP contribution in [0.3, 0.4) is 0 Å². The van der Waals surface area contributed by atoms with Crippen LogP contribution in [-0.2, 0) is 10.2 Å². The number of hydrogen-bond acceptors (Lipinski definition) is 7. The summed E-state index contributed by atoms with van der Waals surface area (Å²) < 4.78 is 21.8. The molecule has 3 aromatic heterocycles. The fraction of sp³-hybridized carbons (Fsp3) is 0.207. The van der Waals surface area contributed by atoms with Gasteiger partial charge < -0.3 is 15.8 Å². The second kappa shape index (κ2) is 10.7. The maximum Gasteiger partial charge on any atom is 0.340 e. The maximum atomic E-state index is 13.5. The first kappa shape index (κ1) is 27.3. The van der Waals surface area contributed by atoms with E-state index in [1.807, 2.05) is 20.8 Å². The molecule has 0 aliphatic carbocycles. The monoisotopic (exact) mass is 556 g/mol. The zero-order chi connectivity index (χ0) is 29.3. The summed E-state index contributed by atoms with van der Waals surface area (Å²) in [6.45, 7) is 7.97. The predicted molar refractivity (Wildman–Crippen MR) is 154 cm³/mol. The Balaban J connectivity index is 1.41. The van der Waals surface area contributed by atoms with E-state index in [1.54, 1.807) is 60.3 Å². The number of aromatic nitrogens is 5. The number of carbonyl (C=O) groups is 2. The number of anilines is 3. The van der Waals surface area contributed by atoms with Crippen LogP contribution in [0.5, 0.6) is 0 Å². The van der Waals surface area contributed by atoms with E-state index < -0.39 is 12.0 Å². The molecule has 2 amide bonds. The van der Waals surface area contributed by atoms with Gasteiger partial charge in [-0.25, -0.2) is 28.2 Å². The van der Waals surface area contributed by atoms with Crippen LogP contribution in [0.25, 0.3) is 22.3 Å². The van der Waals surface area contributed by atoms with Gasteiger partial charge in [-0.1, -0.05) is 32.9 Å². The summed E-state index contributed by atoms with van der Waals surface area (Å²) in [5.74, 6) is -0.253. The van der Waals surface area contributed by atoms with Gasteiger partial charge in [0.05, 0.1) is 23.6 Å². The van der Waals surface area contributed by atoms with Crippen molar-refractivity contribution in [2.45, 2.75) is 33.1 Å². The Morgan fingerprint density at radius 2 is 1.76 bits per heavy atom. The Morgan fingerprint density at radius 1 is 1.05 bits per heavy atom. The largest absolute Gasteiger partial charge is 0.462 e. The van der Waals surface area contributed by atoms with Crippen molar-refractivity contribution in [3.8, 4) is 16.8 Å². The standard InChI is InChI=1S/C29H29FN8O3/c1-5-41-27(39)21-15-37-25(26(31)32-16-33-37)24(21)17-6-10-19(11-7-17)34-28(40)35-23-14-22(29(2,3)4)36-38(23)20-12-8-18(30)9-13-20/h6-16H,5H2,1-4H3,(H2,31,32,33)(H2,34,35,40). The lowest BCUT2D eigenvalue weighted by Gasteiger charge is -2.14. The summed E-state index contributed by atoms with van der Waals surface area (Å²) >= 11 is 0. The third-order valence-electron chi connectivity index (χ3n) is 6.32. The molecule has 210 valence electrons. The molecule has 0 aliphatic rings. The molecule has 5 rings (SSSR count). The van der Waals surface area contributed by atoms with Crippen molar-refractivity contribution in [1.29, 1.82) is 0 Å². The fourth-order valence-electron chi connectivity index (χ4n) is 4.31. The minimum absolute atomic E-state index is 0.208. The van der Waals surface area contributed by atoms with Gasteiger partial charge in [0.2, 0.25) is 0 Å². The van der Waals surface area contributed by atoms with Crippen LogP contribution in [0.2, 0.25) is 0 Å². The van der Waals surface area contributed by atoms with Crippen LogP contribution in [0, 0.1) is 5.82 Å². The first-order valence-electron chi connectivity index (χ1n) is 12.9. The molecule has 0 bridgehead atoms. The van der Waals surface area contributed by atoms with Crippen molar-refractivity contribution in [1.82, 2.24) is 24.4 Å². The number of fused-ring (bicyclic) bond motifs is 1. The van der Waals surface area contributed by atoms with Crippen molar-refractivity contribution >= 4 is 34.8 Å². The minimum atomic E-state index is -0.513. The number of esters is 1. The fourth-order valence-corrected chi connectivity index (χ4v) is 4.31. The highest BCUT2D eigenvalue weighted by atomic mass is 19.1. The molecule has 0 saturated heterocycles. The predicted octanol–water partition coefficient (Wildman–Crippen LogP) is 5.42. The Bertz CT molecular complexity index is 1740. The smallest absolute Gasteiger partial charge is 0.340 e. The number of nitrogen functional groups attached to an aromatic ring is 1. The molecule has 0 atom stereocenters. The molecule has 12 heteroatoms. The van der Waals surface area contributed by atoms with E-state index in [0.717, 1.165) is 5.69 Å². The van der Waals surface area contributed by atoms with Crippen LogP contribution in [0.15, 0.2) is 67.1 Å². The van der Waals surface area contributed by atoms with E-state index in [0.29, 0.717) is 39.4 Å². The number of nitrogens with two attached hydrogens (primary N) is 1. The van der Waals surface area contributed by atoms with Crippen LogP contribution < -0.4 is 16.4 Å². The molecule has 2 aromatic carbocycles. The molecule has 41 heavy (non-hydrogen) atoms. The lowest BCUT2D eigenvalue weighted by atomic mass is 9.92. The average molecular weight is 557 g/mol. The molecule has 0 spiro atoms. The number of nitrogens with zero attached hydrogens (tertiary/aromatic N) is 5. The molecule has 5 aromatic rings. The van der Waals surface area contributed by atoms with Gasteiger partial charge in [-0.3, -0.25) is 5.32 Å². The number of hydrogen-bond donors (Lipinski definition) is 3. The normalized spacial score (nSPS) is 11.4. The summed E-state index contributed by atoms with van der Waals surface area (Å²) in [5.41, 5.74) is 9.64. The summed E-state index contributed by atoms with van der Waals surface area (Å²) in [6, 6.07) is 14.0. The number of nitrogens with one attached hydrogen (secondary N) is 2. The van der Waals surface area contributed by atoms with E-state index >= 15 is 0 Å². The summed E-state index contributed by atoms with van der Waals surface area (Å²) in [4.78, 5) is 29.8. The van der Waals surface area contributed by atoms with Crippen molar-refractivity contribution < 1.29 is 18.7 Å². The van der Waals surface area contributed by atoms with Gasteiger partial charge in [0.15, 0.2) is 5.82 Å². The van der Waals surface area contributed by atoms with Crippen LogP contribution in [-0.4, -0.2) is 43.0 Å². The highest BCUT2D eigenvalue weighted by Crippen LogP contribution is 2.33. The van der Waals surface area contributed by atoms with Gasteiger partial charge in [0.25, 0.3) is 0 Å². The van der Waals surface area contributed by atoms with Gasteiger partial charge in [-0.15, -0.1) is 0 Å². The second-order valence-corrected chi connectivity index (χ2v) is 10.3. The van der Waals surface area contributed by atoms with Crippen LogP contribution in [0.1, 0.15) is 43.7 Å². The third kappa shape index (κ3) is 5.57. The van der Waals surface area contributed by atoms with Gasteiger partial charge >= 0.3 is 12.0 Å². The van der Waals surface area contributed by atoms with Crippen molar-refractivity contribution in [3.63, 3.8) is 0 Å². The average Bonchev–Trinajstić information content (AvgIpc) is 3.53. The zero-order valence-corrected chi connectivity index (χ0v) is 23.0. The number of amides is 2. The number of benzene rings is 2. The number of carbonyl (C=O) groups excluding carboxylic acids is 2. The van der Waals surface area contributed by atoms with Gasteiger partial charge in [0.1, 0.15) is 23.5 Å². The number of halogens is 1. The molecule has 0 unspecified atom stereocenters. The molecule has 0 aliphatic heterocycles. The summed E-state index contributed by atoms with van der Waals surface area (Å²) in [5, 5.41) is 14.4. The van der Waals surface area contributed by atoms with E-state index in [-0.39, 0.29) is 23.7 Å². The molecule has 0 radical (unpaired) electrons. The summed E-state index contributed by atoms with van der Waals surface area (Å²) in [7, 11) is 0. The lowest BCUT2D eigenvalue weighted by Crippen LogP contribution is -2.21. The quantitative estimate of drug-likeness (QED) is 0.237. The Hall–Kier alpha value is -5.26. The van der Waals surface area contributed by atoms with E-state index in [9.17, 15) is 14.0 Å². The van der Waals surface area contributed by atoms with Crippen molar-refractivity contribution in [2.75, 3.05) is 23.0 Å². The van der Waals surface area contributed by atoms with Crippen molar-refractivity contribution in [3.05, 3.63) is 84.2 Å². The summed E-state index contributed by atoms with van der Waals surface area (Å²) in [6.07, 6.45) is 2.86. The molecular formula is C29H29FN8O3. The van der Waals surface area contributed by atoms with Crippen molar-refractivity contribution in [2.24, 2.45) is 0 Å². The number of rotatable bonds is 6. The lowest BCUT2D eigenvalue weighted by molar-refractivity contribution is 0.0527. The Morgan fingerprint density at radius 3 is 2.41 bits per heavy atom. The molecule has 4 N–H and O–H groups in total. The Kier molecular flexibility index (Phi) is 7.14. The Labute approximate surface area is 235 Å². The number of ether oxygens (including phenoxy) is 1. The van der Waals surface area contributed by atoms with Crippen LogP contribution >= 0.6 is 0 Å². The van der Waals surface area contributed by atoms with E-state index in [2.05, 4.69) is 25.8 Å². The SMILES string of the molecule is CCOC(=O)c1cn2ncnc(N)c2c1-c1ccc(NC(=O)Nc2cc(C(C)(C)C)nn2-c2ccc(F)cc2)cc1. The molecular weight excluding hydrogens is 527 g/mol. The number of urea groups is 1. The van der Waals surface area contributed by atoms with E-state index in [1.165, 1.54) is 23.0 Å². The zero-order valence-electron chi connectivity index (χ0n) is 23.0. The molecule has 3 heterocycles. The maximum absolute atomic E-state index is 13.5. The first-order chi connectivity index (χ1) is 19.5. The minimum Gasteiger partial charge on any atom is -0.462 e. The van der Waals surface area contributed by atoms with Gasteiger partial charge in [0, 0.05) is 28.9 Å². The van der Waals surface area contributed by atoms with Gasteiger partial charge in [-0.05, 0) is 48.9 Å². The van der Waals surface area contributed by atoms with Gasteiger partial charge in [-0.2, -0.15) is 10.2 Å². The molecule has 0 saturated carbocycles. The van der Waals surface area contributed by atoms with E-state index in [4.69, 9.17) is 10.5 Å².